The molecule has 0 saturated carbocycles. The lowest BCUT2D eigenvalue weighted by Crippen LogP contribution is -1.99. The number of hydrogen-bond donors (Lipinski definition) is 0. The number of ether oxygens (including phenoxy) is 1. The Balaban J connectivity index is 2.37. The van der Waals surface area contributed by atoms with Crippen molar-refractivity contribution in [2.24, 2.45) is 0 Å². The van der Waals surface area contributed by atoms with Gasteiger partial charge in [-0.05, 0) is 31.2 Å². The molecule has 14 heavy (non-hydrogen) atoms. The zero-order chi connectivity index (χ0) is 9.97. The molecule has 1 aromatic heterocycles. The molecular formula is C11H12ClNO. The average Bonchev–Trinajstić information content (AvgIpc) is 2.57. The van der Waals surface area contributed by atoms with Gasteiger partial charge in [0.1, 0.15) is 6.73 Å². The van der Waals surface area contributed by atoms with E-state index < -0.39 is 0 Å². The summed E-state index contributed by atoms with van der Waals surface area (Å²) in [5.74, 6) is 0. The van der Waals surface area contributed by atoms with E-state index in [9.17, 15) is 0 Å². The average molecular weight is 210 g/mol. The molecule has 0 unspecified atom stereocenters. The third-order valence-electron chi connectivity index (χ3n) is 2.17. The van der Waals surface area contributed by atoms with Crippen LogP contribution in [-0.4, -0.2) is 11.2 Å². The molecule has 3 heteroatoms. The normalized spacial score (nSPS) is 11.0. The van der Waals surface area contributed by atoms with Crippen LogP contribution < -0.4 is 0 Å². The molecule has 74 valence electrons. The van der Waals surface area contributed by atoms with Crippen molar-refractivity contribution < 1.29 is 4.74 Å². The molecule has 0 bridgehead atoms. The molecule has 1 heterocycles. The second-order valence-corrected chi connectivity index (χ2v) is 3.55. The maximum absolute atomic E-state index is 5.89. The zero-order valence-corrected chi connectivity index (χ0v) is 8.79. The number of rotatable bonds is 3. The van der Waals surface area contributed by atoms with Crippen LogP contribution in [0.1, 0.15) is 6.92 Å². The minimum Gasteiger partial charge on any atom is -0.361 e. The van der Waals surface area contributed by atoms with Crippen LogP contribution in [0.25, 0.3) is 10.9 Å². The van der Waals surface area contributed by atoms with Crippen molar-refractivity contribution >= 4 is 22.5 Å². The minimum atomic E-state index is 0.599. The van der Waals surface area contributed by atoms with Gasteiger partial charge in [0.15, 0.2) is 0 Å². The van der Waals surface area contributed by atoms with Crippen molar-refractivity contribution in [3.05, 3.63) is 35.5 Å². The lowest BCUT2D eigenvalue weighted by Gasteiger charge is -2.04. The van der Waals surface area contributed by atoms with Crippen LogP contribution in [0.4, 0.5) is 0 Å². The maximum Gasteiger partial charge on any atom is 0.122 e. The Hall–Kier alpha value is -0.990. The quantitative estimate of drug-likeness (QED) is 0.757. The van der Waals surface area contributed by atoms with Crippen LogP contribution in [0.15, 0.2) is 30.5 Å². The lowest BCUT2D eigenvalue weighted by molar-refractivity contribution is 0.0909. The number of aromatic nitrogens is 1. The van der Waals surface area contributed by atoms with Crippen LogP contribution in [0.2, 0.25) is 5.02 Å². The second-order valence-electron chi connectivity index (χ2n) is 3.11. The van der Waals surface area contributed by atoms with Crippen molar-refractivity contribution in [2.75, 3.05) is 6.61 Å². The first-order valence-corrected chi connectivity index (χ1v) is 5.01. The van der Waals surface area contributed by atoms with E-state index in [0.717, 1.165) is 22.5 Å². The van der Waals surface area contributed by atoms with Crippen molar-refractivity contribution in [3.63, 3.8) is 0 Å². The standard InChI is InChI=1S/C11H12ClNO/c1-2-14-8-13-6-5-9-7-10(12)3-4-11(9)13/h3-7H,2,8H2,1H3. The van der Waals surface area contributed by atoms with E-state index in [1.807, 2.05) is 37.4 Å². The van der Waals surface area contributed by atoms with Gasteiger partial charge in [0.25, 0.3) is 0 Å². The summed E-state index contributed by atoms with van der Waals surface area (Å²) < 4.78 is 7.41. The molecule has 0 fully saturated rings. The fraction of sp³-hybridized carbons (Fsp3) is 0.273. The summed E-state index contributed by atoms with van der Waals surface area (Å²) in [6.45, 7) is 3.32. The van der Waals surface area contributed by atoms with Gasteiger partial charge in [0.05, 0.1) is 5.52 Å². The largest absolute Gasteiger partial charge is 0.361 e. The van der Waals surface area contributed by atoms with Crippen LogP contribution in [-0.2, 0) is 11.5 Å². The Bertz CT molecular complexity index is 436. The van der Waals surface area contributed by atoms with Gasteiger partial charge >= 0.3 is 0 Å². The molecule has 0 amide bonds. The van der Waals surface area contributed by atoms with Crippen LogP contribution in [0.3, 0.4) is 0 Å². The van der Waals surface area contributed by atoms with Gasteiger partial charge in [0, 0.05) is 23.2 Å². The molecule has 2 aromatic rings. The van der Waals surface area contributed by atoms with Gasteiger partial charge in [-0.3, -0.25) is 0 Å². The molecule has 0 atom stereocenters. The van der Waals surface area contributed by atoms with Crippen LogP contribution >= 0.6 is 11.6 Å². The summed E-state index contributed by atoms with van der Waals surface area (Å²) >= 11 is 5.89. The smallest absolute Gasteiger partial charge is 0.122 e. The number of benzene rings is 1. The molecule has 0 aliphatic rings. The van der Waals surface area contributed by atoms with E-state index in [1.165, 1.54) is 0 Å². The van der Waals surface area contributed by atoms with E-state index in [2.05, 4.69) is 4.57 Å². The molecule has 0 aliphatic carbocycles. The summed E-state index contributed by atoms with van der Waals surface area (Å²) in [4.78, 5) is 0. The predicted octanol–water partition coefficient (Wildman–Crippen LogP) is 3.29. The first kappa shape index (κ1) is 9.56. The second kappa shape index (κ2) is 4.03. The monoisotopic (exact) mass is 209 g/mol. The van der Waals surface area contributed by atoms with Crippen LogP contribution in [0.5, 0.6) is 0 Å². The molecule has 0 radical (unpaired) electrons. The molecule has 2 rings (SSSR count). The topological polar surface area (TPSA) is 14.2 Å². The molecule has 0 aliphatic heterocycles. The van der Waals surface area contributed by atoms with Gasteiger partial charge in [-0.2, -0.15) is 0 Å². The molecule has 0 spiro atoms. The van der Waals surface area contributed by atoms with Gasteiger partial charge in [-0.25, -0.2) is 0 Å². The number of nitrogens with zero attached hydrogens (tertiary/aromatic N) is 1. The number of hydrogen-bond acceptors (Lipinski definition) is 1. The van der Waals surface area contributed by atoms with Crippen molar-refractivity contribution in [3.8, 4) is 0 Å². The summed E-state index contributed by atoms with van der Waals surface area (Å²) in [6, 6.07) is 7.91. The fourth-order valence-electron chi connectivity index (χ4n) is 1.47. The highest BCUT2D eigenvalue weighted by molar-refractivity contribution is 6.31. The summed E-state index contributed by atoms with van der Waals surface area (Å²) in [7, 11) is 0. The summed E-state index contributed by atoms with van der Waals surface area (Å²) in [5.41, 5.74) is 1.16. The van der Waals surface area contributed by atoms with Crippen LogP contribution in [0, 0.1) is 0 Å². The van der Waals surface area contributed by atoms with Crippen molar-refractivity contribution in [1.29, 1.82) is 0 Å². The first-order valence-electron chi connectivity index (χ1n) is 4.63. The highest BCUT2D eigenvalue weighted by atomic mass is 35.5. The van der Waals surface area contributed by atoms with Gasteiger partial charge in [-0.15, -0.1) is 0 Å². The summed E-state index contributed by atoms with van der Waals surface area (Å²) in [5, 5.41) is 1.92. The van der Waals surface area contributed by atoms with Gasteiger partial charge in [0.2, 0.25) is 0 Å². The van der Waals surface area contributed by atoms with Gasteiger partial charge < -0.3 is 9.30 Å². The van der Waals surface area contributed by atoms with E-state index >= 15 is 0 Å². The van der Waals surface area contributed by atoms with E-state index in [0.29, 0.717) is 6.73 Å². The highest BCUT2D eigenvalue weighted by Gasteiger charge is 2.00. The Morgan fingerprint density at radius 3 is 3.00 bits per heavy atom. The van der Waals surface area contributed by atoms with E-state index in [4.69, 9.17) is 16.3 Å². The predicted molar refractivity (Wildman–Crippen MR) is 58.6 cm³/mol. The zero-order valence-electron chi connectivity index (χ0n) is 8.03. The maximum atomic E-state index is 5.89. The lowest BCUT2D eigenvalue weighted by atomic mass is 10.2. The Morgan fingerprint density at radius 1 is 1.36 bits per heavy atom. The van der Waals surface area contributed by atoms with Gasteiger partial charge in [-0.1, -0.05) is 11.6 Å². The van der Waals surface area contributed by atoms with E-state index in [1.54, 1.807) is 0 Å². The number of fused-ring (bicyclic) bond motifs is 1. The Morgan fingerprint density at radius 2 is 2.21 bits per heavy atom. The molecule has 0 saturated heterocycles. The molecule has 2 nitrogen and oxygen atoms in total. The molecule has 1 aromatic carbocycles. The summed E-state index contributed by atoms with van der Waals surface area (Å²) in [6.07, 6.45) is 2.01. The number of halogens is 1. The highest BCUT2D eigenvalue weighted by Crippen LogP contribution is 2.20. The Kier molecular flexibility index (Phi) is 2.75. The molecule has 0 N–H and O–H groups in total. The van der Waals surface area contributed by atoms with E-state index in [-0.39, 0.29) is 0 Å². The van der Waals surface area contributed by atoms with Crippen molar-refractivity contribution in [1.82, 2.24) is 4.57 Å². The third-order valence-corrected chi connectivity index (χ3v) is 2.40. The fourth-order valence-corrected chi connectivity index (χ4v) is 1.65. The third kappa shape index (κ3) is 1.76. The van der Waals surface area contributed by atoms with Crippen molar-refractivity contribution in [2.45, 2.75) is 13.7 Å². The molecular weight excluding hydrogens is 198 g/mol. The first-order chi connectivity index (χ1) is 6.81. The Labute approximate surface area is 88.0 Å². The minimum absolute atomic E-state index is 0.599. The SMILES string of the molecule is CCOCn1ccc2cc(Cl)ccc21.